The number of nitrogens with zero attached hydrogens (tertiary/aromatic N) is 3. The monoisotopic (exact) mass is 413 g/mol. The van der Waals surface area contributed by atoms with Crippen molar-refractivity contribution < 1.29 is 13.2 Å². The van der Waals surface area contributed by atoms with Crippen LogP contribution >= 0.6 is 0 Å². The number of benzene rings is 1. The molecule has 0 unspecified atom stereocenters. The lowest BCUT2D eigenvalue weighted by molar-refractivity contribution is 0.248. The molecule has 152 valence electrons. The molecule has 0 heterocycles. The van der Waals surface area contributed by atoms with Crippen molar-refractivity contribution in [3.63, 3.8) is 0 Å². The fourth-order valence-electron chi connectivity index (χ4n) is 3.62. The first-order valence-corrected chi connectivity index (χ1v) is 11.0. The van der Waals surface area contributed by atoms with E-state index < -0.39 is 16.1 Å². The maximum atomic E-state index is 12.6. The van der Waals surface area contributed by atoms with Crippen LogP contribution in [0.1, 0.15) is 44.9 Å². The number of urea groups is 1. The van der Waals surface area contributed by atoms with E-state index in [9.17, 15) is 13.2 Å². The highest BCUT2D eigenvalue weighted by Crippen LogP contribution is 2.36. The second-order valence-corrected chi connectivity index (χ2v) is 8.71. The molecule has 0 atom stereocenters. The van der Waals surface area contributed by atoms with E-state index in [1.807, 2.05) is 4.72 Å². The standard InChI is InChI=1S/C20H23N5O3S/c1-14-7-3-2-4-8-15-9-5-12-18(15)19(14)22-20(26)24-29(27,28)17-11-6-10-16(13-17)23-25-21/h6,8,10-11,13H,1-5,7,9,12H2,(H2,22,24,26)/b15-8-,19-18?. The van der Waals surface area contributed by atoms with Gasteiger partial charge in [-0.3, -0.25) is 0 Å². The average Bonchev–Trinajstić information content (AvgIpc) is 3.15. The lowest BCUT2D eigenvalue weighted by Crippen LogP contribution is -2.39. The average molecular weight is 414 g/mol. The van der Waals surface area contributed by atoms with Gasteiger partial charge in [-0.1, -0.05) is 29.9 Å². The van der Waals surface area contributed by atoms with E-state index in [-0.39, 0.29) is 10.6 Å². The van der Waals surface area contributed by atoms with Crippen LogP contribution < -0.4 is 10.0 Å². The fraction of sp³-hybridized carbons (Fsp3) is 0.350. The summed E-state index contributed by atoms with van der Waals surface area (Å²) in [6, 6.07) is 4.60. The predicted molar refractivity (Wildman–Crippen MR) is 111 cm³/mol. The second kappa shape index (κ2) is 8.98. The molecule has 1 aromatic carbocycles. The summed E-state index contributed by atoms with van der Waals surface area (Å²) in [6.07, 6.45) is 8.80. The first kappa shape index (κ1) is 20.7. The summed E-state index contributed by atoms with van der Waals surface area (Å²) in [6.45, 7) is 4.12. The minimum atomic E-state index is -4.13. The summed E-state index contributed by atoms with van der Waals surface area (Å²) in [5.74, 6) is 0. The Balaban J connectivity index is 1.83. The Morgan fingerprint density at radius 2 is 2.00 bits per heavy atom. The van der Waals surface area contributed by atoms with Crippen molar-refractivity contribution in [2.24, 2.45) is 5.11 Å². The van der Waals surface area contributed by atoms with Gasteiger partial charge in [0.25, 0.3) is 10.0 Å². The summed E-state index contributed by atoms with van der Waals surface area (Å²) in [7, 11) is -4.13. The molecule has 0 bridgehead atoms. The Hall–Kier alpha value is -3.03. The van der Waals surface area contributed by atoms with E-state index in [1.165, 1.54) is 29.8 Å². The van der Waals surface area contributed by atoms with Crippen molar-refractivity contribution >= 4 is 21.7 Å². The highest BCUT2D eigenvalue weighted by Gasteiger charge is 2.24. The Morgan fingerprint density at radius 1 is 1.17 bits per heavy atom. The number of carbonyl (C=O) groups is 1. The maximum absolute atomic E-state index is 12.6. The molecular formula is C20H23N5O3S. The first-order chi connectivity index (χ1) is 13.9. The third kappa shape index (κ3) is 5.07. The molecule has 1 saturated carbocycles. The van der Waals surface area contributed by atoms with Gasteiger partial charge in [0.2, 0.25) is 0 Å². The molecule has 9 heteroatoms. The molecular weight excluding hydrogens is 390 g/mol. The van der Waals surface area contributed by atoms with E-state index in [2.05, 4.69) is 28.0 Å². The molecule has 2 aliphatic carbocycles. The van der Waals surface area contributed by atoms with Crippen LogP contribution in [0.4, 0.5) is 10.5 Å². The van der Waals surface area contributed by atoms with Crippen LogP contribution in [-0.4, -0.2) is 14.4 Å². The number of hydrogen-bond acceptors (Lipinski definition) is 4. The van der Waals surface area contributed by atoms with Gasteiger partial charge in [-0.2, -0.15) is 0 Å². The van der Waals surface area contributed by atoms with Gasteiger partial charge in [0.05, 0.1) is 4.90 Å². The number of nitrogens with one attached hydrogen (secondary N) is 2. The first-order valence-electron chi connectivity index (χ1n) is 9.50. The smallest absolute Gasteiger partial charge is 0.307 e. The molecule has 8 nitrogen and oxygen atoms in total. The number of amides is 2. The van der Waals surface area contributed by atoms with Crippen LogP contribution in [-0.2, 0) is 10.0 Å². The normalized spacial score (nSPS) is 19.0. The number of rotatable bonds is 4. The minimum Gasteiger partial charge on any atom is -0.307 e. The van der Waals surface area contributed by atoms with Crippen molar-refractivity contribution in [2.45, 2.75) is 49.8 Å². The number of hydrogen-bond donors (Lipinski definition) is 2. The van der Waals surface area contributed by atoms with Crippen molar-refractivity contribution in [1.29, 1.82) is 0 Å². The van der Waals surface area contributed by atoms with Gasteiger partial charge in [0.15, 0.2) is 0 Å². The molecule has 0 aromatic heterocycles. The number of fused-ring (bicyclic) bond motifs is 1. The molecule has 0 aliphatic heterocycles. The van der Waals surface area contributed by atoms with Gasteiger partial charge in [-0.05, 0) is 79.3 Å². The summed E-state index contributed by atoms with van der Waals surface area (Å²) < 4.78 is 27.2. The number of carbonyl (C=O) groups excluding carboxylic acids is 1. The van der Waals surface area contributed by atoms with Crippen LogP contribution in [0.15, 0.2) is 69.3 Å². The zero-order valence-corrected chi connectivity index (χ0v) is 16.8. The zero-order valence-electron chi connectivity index (χ0n) is 16.0. The molecule has 3 rings (SSSR count). The van der Waals surface area contributed by atoms with Gasteiger partial charge >= 0.3 is 6.03 Å². The van der Waals surface area contributed by atoms with Gasteiger partial charge in [-0.15, -0.1) is 0 Å². The highest BCUT2D eigenvalue weighted by molar-refractivity contribution is 7.90. The summed E-state index contributed by atoms with van der Waals surface area (Å²) in [5, 5.41) is 6.12. The molecule has 0 saturated heterocycles. The van der Waals surface area contributed by atoms with Crippen LogP contribution in [0.25, 0.3) is 10.4 Å². The molecule has 1 aromatic rings. The van der Waals surface area contributed by atoms with E-state index in [0.717, 1.165) is 56.1 Å². The Labute approximate surface area is 170 Å². The third-order valence-electron chi connectivity index (χ3n) is 4.99. The van der Waals surface area contributed by atoms with Crippen LogP contribution in [0.3, 0.4) is 0 Å². The molecule has 2 N–H and O–H groups in total. The molecule has 29 heavy (non-hydrogen) atoms. The summed E-state index contributed by atoms with van der Waals surface area (Å²) in [4.78, 5) is 15.0. The Bertz CT molecular complexity index is 1050. The maximum Gasteiger partial charge on any atom is 0.333 e. The fourth-order valence-corrected chi connectivity index (χ4v) is 4.57. The van der Waals surface area contributed by atoms with E-state index in [0.29, 0.717) is 5.70 Å². The quantitative estimate of drug-likeness (QED) is 0.405. The predicted octanol–water partition coefficient (Wildman–Crippen LogP) is 5.11. The van der Waals surface area contributed by atoms with Crippen molar-refractivity contribution in [2.75, 3.05) is 0 Å². The number of azide groups is 1. The molecule has 0 radical (unpaired) electrons. The number of allylic oxidation sites excluding steroid dienone is 4. The van der Waals surface area contributed by atoms with Gasteiger partial charge < -0.3 is 5.32 Å². The lowest BCUT2D eigenvalue weighted by atomic mass is 10.0. The van der Waals surface area contributed by atoms with Crippen molar-refractivity contribution in [1.82, 2.24) is 10.0 Å². The van der Waals surface area contributed by atoms with Crippen molar-refractivity contribution in [3.8, 4) is 0 Å². The summed E-state index contributed by atoms with van der Waals surface area (Å²) in [5.41, 5.74) is 12.4. The van der Waals surface area contributed by atoms with Crippen LogP contribution in [0.5, 0.6) is 0 Å². The van der Waals surface area contributed by atoms with E-state index in [4.69, 9.17) is 5.53 Å². The van der Waals surface area contributed by atoms with Crippen LogP contribution in [0.2, 0.25) is 0 Å². The number of sulfonamides is 1. The molecule has 2 amide bonds. The molecule has 2 aliphatic rings. The topological polar surface area (TPSA) is 124 Å². The third-order valence-corrected chi connectivity index (χ3v) is 6.32. The minimum absolute atomic E-state index is 0.145. The zero-order chi connectivity index (χ0) is 20.9. The largest absolute Gasteiger partial charge is 0.333 e. The molecule has 1 fully saturated rings. The SMILES string of the molecule is C=C1CCCC/C=C2/CCCC2=C1NC(=O)NS(=O)(=O)c1cccc(N=[N+]=[N-])c1. The van der Waals surface area contributed by atoms with Crippen molar-refractivity contribution in [3.05, 3.63) is 69.8 Å². The Morgan fingerprint density at radius 3 is 2.79 bits per heavy atom. The van der Waals surface area contributed by atoms with Gasteiger partial charge in [0, 0.05) is 16.3 Å². The van der Waals surface area contributed by atoms with Gasteiger partial charge in [-0.25, -0.2) is 17.9 Å². The summed E-state index contributed by atoms with van der Waals surface area (Å²) >= 11 is 0. The van der Waals surface area contributed by atoms with Gasteiger partial charge in [0.1, 0.15) is 0 Å². The lowest BCUT2D eigenvalue weighted by Gasteiger charge is -2.17. The van der Waals surface area contributed by atoms with Crippen LogP contribution in [0, 0.1) is 0 Å². The Kier molecular flexibility index (Phi) is 6.41. The second-order valence-electron chi connectivity index (χ2n) is 7.03. The van der Waals surface area contributed by atoms with E-state index >= 15 is 0 Å². The highest BCUT2D eigenvalue weighted by atomic mass is 32.2. The molecule has 0 spiro atoms. The van der Waals surface area contributed by atoms with E-state index in [1.54, 1.807) is 0 Å².